The first kappa shape index (κ1) is 14.5. The smallest absolute Gasteiger partial charge is 0.133 e. The second-order valence-corrected chi connectivity index (χ2v) is 4.66. The zero-order chi connectivity index (χ0) is 12.7. The average molecular weight is 302 g/mol. The monoisotopic (exact) mass is 301 g/mol. The van der Waals surface area contributed by atoms with Crippen LogP contribution in [0.2, 0.25) is 0 Å². The van der Waals surface area contributed by atoms with Crippen LogP contribution in [0.3, 0.4) is 0 Å². The van der Waals surface area contributed by atoms with Crippen LogP contribution in [0.1, 0.15) is 24.9 Å². The van der Waals surface area contributed by atoms with Gasteiger partial charge in [0.05, 0.1) is 24.2 Å². The summed E-state index contributed by atoms with van der Waals surface area (Å²) in [5.74, 6) is 0.845. The third kappa shape index (κ3) is 4.30. The average Bonchev–Trinajstić information content (AvgIpc) is 2.35. The number of rotatable bonds is 7. The zero-order valence-electron chi connectivity index (χ0n) is 10.6. The van der Waals surface area contributed by atoms with Gasteiger partial charge in [-0.15, -0.1) is 0 Å². The summed E-state index contributed by atoms with van der Waals surface area (Å²) in [5, 5.41) is 3.26. The Bertz CT molecular complexity index is 344. The molecule has 17 heavy (non-hydrogen) atoms. The van der Waals surface area contributed by atoms with Crippen LogP contribution in [-0.2, 0) is 4.74 Å². The van der Waals surface area contributed by atoms with Crippen molar-refractivity contribution in [2.24, 2.45) is 0 Å². The minimum Gasteiger partial charge on any atom is -0.496 e. The minimum atomic E-state index is 0.212. The minimum absolute atomic E-state index is 0.212. The van der Waals surface area contributed by atoms with E-state index < -0.39 is 0 Å². The Labute approximate surface area is 112 Å². The molecule has 0 aliphatic carbocycles. The number of hydrogen-bond donors (Lipinski definition) is 1. The van der Waals surface area contributed by atoms with Crippen LogP contribution in [0.5, 0.6) is 5.75 Å². The van der Waals surface area contributed by atoms with Gasteiger partial charge in [0.1, 0.15) is 5.75 Å². The van der Waals surface area contributed by atoms with Crippen molar-refractivity contribution in [1.29, 1.82) is 0 Å². The Kier molecular flexibility index (Phi) is 6.55. The second kappa shape index (κ2) is 7.69. The van der Waals surface area contributed by atoms with Crippen LogP contribution in [0.4, 0.5) is 0 Å². The van der Waals surface area contributed by atoms with Crippen molar-refractivity contribution in [3.8, 4) is 5.75 Å². The Morgan fingerprint density at radius 3 is 2.71 bits per heavy atom. The normalized spacial score (nSPS) is 12.5. The highest BCUT2D eigenvalue weighted by Gasteiger charge is 2.11. The van der Waals surface area contributed by atoms with Gasteiger partial charge in [0.2, 0.25) is 0 Å². The summed E-state index contributed by atoms with van der Waals surface area (Å²) < 4.78 is 11.8. The summed E-state index contributed by atoms with van der Waals surface area (Å²) in [6.45, 7) is 3.59. The van der Waals surface area contributed by atoms with Gasteiger partial charge in [-0.05, 0) is 47.1 Å². The highest BCUT2D eigenvalue weighted by Crippen LogP contribution is 2.28. The zero-order valence-corrected chi connectivity index (χ0v) is 12.2. The summed E-state index contributed by atoms with van der Waals surface area (Å²) in [6, 6.07) is 6.29. The summed E-state index contributed by atoms with van der Waals surface area (Å²) in [4.78, 5) is 0. The first-order valence-corrected chi connectivity index (χ1v) is 6.60. The Balaban J connectivity index is 2.71. The van der Waals surface area contributed by atoms with Crippen LogP contribution in [0.25, 0.3) is 0 Å². The SMILES string of the molecule is CCCOCC(NC)c1ccc(OC)c(Br)c1. The number of benzene rings is 1. The summed E-state index contributed by atoms with van der Waals surface area (Å²) in [7, 11) is 3.61. The maximum Gasteiger partial charge on any atom is 0.133 e. The molecule has 0 amide bonds. The van der Waals surface area contributed by atoms with E-state index >= 15 is 0 Å². The molecule has 96 valence electrons. The molecule has 0 aliphatic rings. The molecule has 1 aromatic carbocycles. The van der Waals surface area contributed by atoms with Crippen LogP contribution in [0.15, 0.2) is 22.7 Å². The van der Waals surface area contributed by atoms with Gasteiger partial charge >= 0.3 is 0 Å². The number of likely N-dealkylation sites (N-methyl/N-ethyl adjacent to an activating group) is 1. The first-order valence-electron chi connectivity index (χ1n) is 5.81. The van der Waals surface area contributed by atoms with E-state index in [9.17, 15) is 0 Å². The highest BCUT2D eigenvalue weighted by atomic mass is 79.9. The second-order valence-electron chi connectivity index (χ2n) is 3.81. The van der Waals surface area contributed by atoms with Crippen LogP contribution >= 0.6 is 15.9 Å². The van der Waals surface area contributed by atoms with E-state index in [1.807, 2.05) is 13.1 Å². The summed E-state index contributed by atoms with van der Waals surface area (Å²) >= 11 is 3.49. The standard InChI is InChI=1S/C13H20BrNO2/c1-4-7-17-9-12(15-2)10-5-6-13(16-3)11(14)8-10/h5-6,8,12,15H,4,7,9H2,1-3H3. The molecule has 0 bridgehead atoms. The van der Waals surface area contributed by atoms with E-state index in [-0.39, 0.29) is 6.04 Å². The summed E-state index contributed by atoms with van der Waals surface area (Å²) in [6.07, 6.45) is 1.04. The van der Waals surface area contributed by atoms with Crippen LogP contribution in [0, 0.1) is 0 Å². The predicted octanol–water partition coefficient (Wildman–Crippen LogP) is 3.14. The van der Waals surface area contributed by atoms with Gasteiger partial charge in [0, 0.05) is 6.61 Å². The van der Waals surface area contributed by atoms with Gasteiger partial charge < -0.3 is 14.8 Å². The molecule has 0 saturated carbocycles. The van der Waals surface area contributed by atoms with Gasteiger partial charge in [-0.25, -0.2) is 0 Å². The molecule has 3 nitrogen and oxygen atoms in total. The predicted molar refractivity (Wildman–Crippen MR) is 73.6 cm³/mol. The molecule has 0 aliphatic heterocycles. The molecule has 0 spiro atoms. The van der Waals surface area contributed by atoms with Gasteiger partial charge in [-0.1, -0.05) is 13.0 Å². The van der Waals surface area contributed by atoms with Gasteiger partial charge in [0.15, 0.2) is 0 Å². The lowest BCUT2D eigenvalue weighted by molar-refractivity contribution is 0.114. The maximum atomic E-state index is 5.58. The molecule has 4 heteroatoms. The third-order valence-corrected chi connectivity index (χ3v) is 3.18. The number of hydrogen-bond acceptors (Lipinski definition) is 3. The number of halogens is 1. The van der Waals surface area contributed by atoms with Crippen molar-refractivity contribution in [2.75, 3.05) is 27.4 Å². The molecule has 1 rings (SSSR count). The topological polar surface area (TPSA) is 30.5 Å². The van der Waals surface area contributed by atoms with E-state index in [4.69, 9.17) is 9.47 Å². The molecule has 0 aromatic heterocycles. The van der Waals surface area contributed by atoms with E-state index in [1.165, 1.54) is 5.56 Å². The molecular weight excluding hydrogens is 282 g/mol. The van der Waals surface area contributed by atoms with Gasteiger partial charge in [-0.2, -0.15) is 0 Å². The lowest BCUT2D eigenvalue weighted by Gasteiger charge is -2.17. The molecule has 0 saturated heterocycles. The fraction of sp³-hybridized carbons (Fsp3) is 0.538. The van der Waals surface area contributed by atoms with Crippen molar-refractivity contribution < 1.29 is 9.47 Å². The fourth-order valence-electron chi connectivity index (χ4n) is 1.59. The Hall–Kier alpha value is -0.580. The number of nitrogens with one attached hydrogen (secondary N) is 1. The number of ether oxygens (including phenoxy) is 2. The largest absolute Gasteiger partial charge is 0.496 e. The van der Waals surface area contributed by atoms with Gasteiger partial charge in [0.25, 0.3) is 0 Å². The fourth-order valence-corrected chi connectivity index (χ4v) is 2.15. The molecule has 0 heterocycles. The molecule has 1 atom stereocenters. The van der Waals surface area contributed by atoms with Crippen molar-refractivity contribution in [2.45, 2.75) is 19.4 Å². The highest BCUT2D eigenvalue weighted by molar-refractivity contribution is 9.10. The third-order valence-electron chi connectivity index (χ3n) is 2.56. The van der Waals surface area contributed by atoms with E-state index in [1.54, 1.807) is 7.11 Å². The summed E-state index contributed by atoms with van der Waals surface area (Å²) in [5.41, 5.74) is 1.19. The molecule has 0 fully saturated rings. The van der Waals surface area contributed by atoms with Crippen molar-refractivity contribution in [1.82, 2.24) is 5.32 Å². The first-order chi connectivity index (χ1) is 8.22. The molecule has 1 aromatic rings. The Morgan fingerprint density at radius 1 is 1.41 bits per heavy atom. The number of methoxy groups -OCH3 is 1. The van der Waals surface area contributed by atoms with Crippen LogP contribution in [-0.4, -0.2) is 27.4 Å². The lowest BCUT2D eigenvalue weighted by Crippen LogP contribution is -2.22. The lowest BCUT2D eigenvalue weighted by atomic mass is 10.1. The van der Waals surface area contributed by atoms with Crippen LogP contribution < -0.4 is 10.1 Å². The van der Waals surface area contributed by atoms with E-state index in [0.717, 1.165) is 23.2 Å². The van der Waals surface area contributed by atoms with Crippen molar-refractivity contribution >= 4 is 15.9 Å². The van der Waals surface area contributed by atoms with Crippen molar-refractivity contribution in [3.63, 3.8) is 0 Å². The quantitative estimate of drug-likeness (QED) is 0.785. The van der Waals surface area contributed by atoms with E-state index in [0.29, 0.717) is 6.61 Å². The maximum absolute atomic E-state index is 5.58. The Morgan fingerprint density at radius 2 is 2.18 bits per heavy atom. The molecule has 1 unspecified atom stereocenters. The van der Waals surface area contributed by atoms with Crippen molar-refractivity contribution in [3.05, 3.63) is 28.2 Å². The van der Waals surface area contributed by atoms with Gasteiger partial charge in [-0.3, -0.25) is 0 Å². The van der Waals surface area contributed by atoms with E-state index in [2.05, 4.69) is 40.3 Å². The molecular formula is C13H20BrNO2. The molecule has 1 N–H and O–H groups in total. The molecule has 0 radical (unpaired) electrons.